The van der Waals surface area contributed by atoms with Crippen LogP contribution in [0.5, 0.6) is 0 Å². The fourth-order valence-electron chi connectivity index (χ4n) is 3.96. The molecule has 0 heterocycles. The Morgan fingerprint density at radius 1 is 1.06 bits per heavy atom. The van der Waals surface area contributed by atoms with Crippen molar-refractivity contribution < 1.29 is 9.59 Å². The lowest BCUT2D eigenvalue weighted by Gasteiger charge is -2.26. The van der Waals surface area contributed by atoms with E-state index in [1.807, 2.05) is 0 Å². The van der Waals surface area contributed by atoms with E-state index >= 15 is 0 Å². The van der Waals surface area contributed by atoms with Gasteiger partial charge < -0.3 is 5.32 Å². The second-order valence-corrected chi connectivity index (χ2v) is 6.10. The smallest absolute Gasteiger partial charge is 0.223 e. The quantitative estimate of drug-likeness (QED) is 0.796. The Hall–Kier alpha value is -0.860. The Labute approximate surface area is 102 Å². The van der Waals surface area contributed by atoms with Crippen molar-refractivity contribution in [2.24, 2.45) is 17.8 Å². The van der Waals surface area contributed by atoms with Crippen molar-refractivity contribution in [3.63, 3.8) is 0 Å². The van der Waals surface area contributed by atoms with Gasteiger partial charge in [0.1, 0.15) is 5.78 Å². The molecule has 1 N–H and O–H groups in total. The molecule has 3 unspecified atom stereocenters. The van der Waals surface area contributed by atoms with Crippen LogP contribution in [0.2, 0.25) is 0 Å². The lowest BCUT2D eigenvalue weighted by molar-refractivity contribution is -0.128. The Balaban J connectivity index is 1.52. The van der Waals surface area contributed by atoms with Crippen molar-refractivity contribution in [2.75, 3.05) is 0 Å². The molecule has 3 heteroatoms. The average molecular weight is 235 g/mol. The second kappa shape index (κ2) is 4.43. The first-order chi connectivity index (χ1) is 8.22. The van der Waals surface area contributed by atoms with Crippen molar-refractivity contribution in [3.05, 3.63) is 0 Å². The Kier molecular flexibility index (Phi) is 2.93. The first kappa shape index (κ1) is 11.2. The van der Waals surface area contributed by atoms with Crippen LogP contribution in [0.15, 0.2) is 0 Å². The molecule has 1 amide bonds. The summed E-state index contributed by atoms with van der Waals surface area (Å²) in [5.41, 5.74) is 0. The molecule has 0 spiro atoms. The predicted octanol–water partition coefficient (Wildman–Crippen LogP) is 2.05. The number of Topliss-reactive ketones (excluding diaryl/α,β-unsaturated/α-hetero) is 1. The third-order valence-electron chi connectivity index (χ3n) is 4.96. The third kappa shape index (κ3) is 2.24. The van der Waals surface area contributed by atoms with Gasteiger partial charge in [-0.25, -0.2) is 0 Å². The number of amides is 1. The first-order valence-corrected chi connectivity index (χ1v) is 7.04. The van der Waals surface area contributed by atoms with Gasteiger partial charge >= 0.3 is 0 Å². The lowest BCUT2D eigenvalue weighted by Crippen LogP contribution is -2.42. The summed E-state index contributed by atoms with van der Waals surface area (Å²) in [5, 5.41) is 3.18. The molecule has 3 rings (SSSR count). The van der Waals surface area contributed by atoms with Gasteiger partial charge in [0, 0.05) is 24.8 Å². The number of carbonyl (C=O) groups is 2. The van der Waals surface area contributed by atoms with E-state index in [0.717, 1.165) is 25.2 Å². The Morgan fingerprint density at radius 2 is 1.82 bits per heavy atom. The highest BCUT2D eigenvalue weighted by Crippen LogP contribution is 2.48. The van der Waals surface area contributed by atoms with Crippen LogP contribution in [0.1, 0.15) is 51.4 Å². The van der Waals surface area contributed by atoms with E-state index in [0.29, 0.717) is 24.5 Å². The molecule has 3 saturated carbocycles. The minimum Gasteiger partial charge on any atom is -0.353 e. The summed E-state index contributed by atoms with van der Waals surface area (Å²) in [7, 11) is 0. The summed E-state index contributed by atoms with van der Waals surface area (Å²) in [6, 6.07) is 0.263. The third-order valence-corrected chi connectivity index (χ3v) is 4.96. The zero-order chi connectivity index (χ0) is 11.8. The van der Waals surface area contributed by atoms with Crippen LogP contribution >= 0.6 is 0 Å². The van der Waals surface area contributed by atoms with Crippen LogP contribution in [-0.2, 0) is 9.59 Å². The number of carbonyl (C=O) groups excluding carboxylic acids is 2. The molecule has 0 radical (unpaired) electrons. The maximum absolute atomic E-state index is 12.2. The molecule has 3 atom stereocenters. The summed E-state index contributed by atoms with van der Waals surface area (Å²) < 4.78 is 0. The standard InChI is InChI=1S/C14H21NO2/c16-12-5-3-11(4-6-12)15-14(17)13-8-9-1-2-10(13)7-9/h9-11,13H,1-8H2,(H,15,17). The van der Waals surface area contributed by atoms with Crippen LogP contribution in [0.25, 0.3) is 0 Å². The molecule has 3 fully saturated rings. The van der Waals surface area contributed by atoms with Gasteiger partial charge in [0.25, 0.3) is 0 Å². The van der Waals surface area contributed by atoms with Gasteiger partial charge in [-0.2, -0.15) is 0 Å². The highest BCUT2D eigenvalue weighted by molar-refractivity contribution is 5.81. The lowest BCUT2D eigenvalue weighted by atomic mass is 9.87. The fraction of sp³-hybridized carbons (Fsp3) is 0.857. The van der Waals surface area contributed by atoms with E-state index in [2.05, 4.69) is 5.32 Å². The molecule has 0 aliphatic heterocycles. The molecule has 2 bridgehead atoms. The second-order valence-electron chi connectivity index (χ2n) is 6.10. The molecule has 3 aliphatic rings. The molecule has 0 aromatic rings. The Bertz CT molecular complexity index is 329. The van der Waals surface area contributed by atoms with Crippen LogP contribution in [-0.4, -0.2) is 17.7 Å². The molecule has 0 aromatic heterocycles. The van der Waals surface area contributed by atoms with E-state index in [1.165, 1.54) is 19.3 Å². The van der Waals surface area contributed by atoms with Crippen LogP contribution in [0, 0.1) is 17.8 Å². The molecule has 3 aliphatic carbocycles. The number of fused-ring (bicyclic) bond motifs is 2. The molecular formula is C14H21NO2. The number of hydrogen-bond donors (Lipinski definition) is 1. The summed E-state index contributed by atoms with van der Waals surface area (Å²) in [5.74, 6) is 2.40. The molecular weight excluding hydrogens is 214 g/mol. The van der Waals surface area contributed by atoms with E-state index in [9.17, 15) is 9.59 Å². The van der Waals surface area contributed by atoms with Gasteiger partial charge in [-0.1, -0.05) is 6.42 Å². The van der Waals surface area contributed by atoms with Crippen LogP contribution < -0.4 is 5.32 Å². The highest BCUT2D eigenvalue weighted by atomic mass is 16.2. The summed E-state index contributed by atoms with van der Waals surface area (Å²) >= 11 is 0. The maximum Gasteiger partial charge on any atom is 0.223 e. The topological polar surface area (TPSA) is 46.2 Å². The summed E-state index contributed by atoms with van der Waals surface area (Å²) in [6.07, 6.45) is 8.00. The van der Waals surface area contributed by atoms with Gasteiger partial charge in [0.2, 0.25) is 5.91 Å². The van der Waals surface area contributed by atoms with Crippen molar-refractivity contribution in [2.45, 2.75) is 57.4 Å². The molecule has 17 heavy (non-hydrogen) atoms. The molecule has 94 valence electrons. The maximum atomic E-state index is 12.2. The number of rotatable bonds is 2. The zero-order valence-electron chi connectivity index (χ0n) is 10.3. The van der Waals surface area contributed by atoms with Gasteiger partial charge in [-0.15, -0.1) is 0 Å². The molecule has 0 saturated heterocycles. The van der Waals surface area contributed by atoms with Gasteiger partial charge in [0.05, 0.1) is 0 Å². The monoisotopic (exact) mass is 235 g/mol. The minimum absolute atomic E-state index is 0.263. The first-order valence-electron chi connectivity index (χ1n) is 7.04. The molecule has 3 nitrogen and oxygen atoms in total. The number of ketones is 1. The van der Waals surface area contributed by atoms with E-state index in [4.69, 9.17) is 0 Å². The van der Waals surface area contributed by atoms with E-state index in [-0.39, 0.29) is 17.9 Å². The van der Waals surface area contributed by atoms with Gasteiger partial charge in [0.15, 0.2) is 0 Å². The largest absolute Gasteiger partial charge is 0.353 e. The highest BCUT2D eigenvalue weighted by Gasteiger charge is 2.43. The van der Waals surface area contributed by atoms with Crippen LogP contribution in [0.3, 0.4) is 0 Å². The number of hydrogen-bond acceptors (Lipinski definition) is 2. The van der Waals surface area contributed by atoms with Crippen molar-refractivity contribution in [3.8, 4) is 0 Å². The van der Waals surface area contributed by atoms with Crippen LogP contribution in [0.4, 0.5) is 0 Å². The van der Waals surface area contributed by atoms with Crippen molar-refractivity contribution >= 4 is 11.7 Å². The predicted molar refractivity (Wildman–Crippen MR) is 64.3 cm³/mol. The average Bonchev–Trinajstić information content (AvgIpc) is 2.94. The minimum atomic E-state index is 0.263. The molecule has 0 aromatic carbocycles. The summed E-state index contributed by atoms with van der Waals surface area (Å²) in [6.45, 7) is 0. The van der Waals surface area contributed by atoms with Gasteiger partial charge in [-0.3, -0.25) is 9.59 Å². The van der Waals surface area contributed by atoms with E-state index in [1.54, 1.807) is 0 Å². The van der Waals surface area contributed by atoms with Crippen molar-refractivity contribution in [1.29, 1.82) is 0 Å². The Morgan fingerprint density at radius 3 is 2.41 bits per heavy atom. The zero-order valence-corrected chi connectivity index (χ0v) is 10.3. The normalized spacial score (nSPS) is 37.4. The van der Waals surface area contributed by atoms with E-state index < -0.39 is 0 Å². The fourth-order valence-corrected chi connectivity index (χ4v) is 3.96. The number of nitrogens with one attached hydrogen (secondary N) is 1. The van der Waals surface area contributed by atoms with Gasteiger partial charge in [-0.05, 0) is 43.9 Å². The summed E-state index contributed by atoms with van der Waals surface area (Å²) in [4.78, 5) is 23.3. The van der Waals surface area contributed by atoms with Crippen molar-refractivity contribution in [1.82, 2.24) is 5.32 Å². The SMILES string of the molecule is O=C1CCC(NC(=O)C2CC3CCC2C3)CC1.